The van der Waals surface area contributed by atoms with Gasteiger partial charge in [-0.2, -0.15) is 4.31 Å². The minimum atomic E-state index is -3.60. The van der Waals surface area contributed by atoms with Gasteiger partial charge in [-0.15, -0.1) is 0 Å². The van der Waals surface area contributed by atoms with Gasteiger partial charge < -0.3 is 15.0 Å². The number of carbonyl (C=O) groups excluding carboxylic acids is 1. The Morgan fingerprint density at radius 3 is 2.43 bits per heavy atom. The second-order valence-corrected chi connectivity index (χ2v) is 11.1. The van der Waals surface area contributed by atoms with Crippen molar-refractivity contribution in [1.29, 1.82) is 0 Å². The highest BCUT2D eigenvalue weighted by Crippen LogP contribution is 2.27. The summed E-state index contributed by atoms with van der Waals surface area (Å²) in [6, 6.07) is 20.8. The summed E-state index contributed by atoms with van der Waals surface area (Å²) in [5.41, 5.74) is 1.06. The van der Waals surface area contributed by atoms with E-state index in [1.165, 1.54) is 4.31 Å². The molecule has 8 heteroatoms. The summed E-state index contributed by atoms with van der Waals surface area (Å²) in [5.74, 6) is 0.550. The molecule has 0 spiro atoms. The van der Waals surface area contributed by atoms with E-state index < -0.39 is 10.0 Å². The largest absolute Gasteiger partial charge is 0.497 e. The molecule has 0 aromatic heterocycles. The smallest absolute Gasteiger partial charge is 0.243 e. The van der Waals surface area contributed by atoms with Crippen molar-refractivity contribution in [2.75, 3.05) is 40.8 Å². The van der Waals surface area contributed by atoms with Gasteiger partial charge in [-0.1, -0.05) is 42.5 Å². The summed E-state index contributed by atoms with van der Waals surface area (Å²) in [5, 5.41) is 4.99. The van der Waals surface area contributed by atoms with Gasteiger partial charge in [0.25, 0.3) is 0 Å². The molecule has 1 amide bonds. The van der Waals surface area contributed by atoms with Gasteiger partial charge in [0.05, 0.1) is 18.0 Å². The van der Waals surface area contributed by atoms with Crippen molar-refractivity contribution in [3.63, 3.8) is 0 Å². The molecule has 1 fully saturated rings. The molecular formula is C27H33N3O4S. The van der Waals surface area contributed by atoms with Gasteiger partial charge in [-0.05, 0) is 67.5 Å². The third kappa shape index (κ3) is 5.66. The van der Waals surface area contributed by atoms with Crippen LogP contribution in [0.15, 0.2) is 71.6 Å². The maximum Gasteiger partial charge on any atom is 0.243 e. The van der Waals surface area contributed by atoms with Crippen LogP contribution < -0.4 is 10.1 Å². The van der Waals surface area contributed by atoms with Crippen molar-refractivity contribution >= 4 is 26.7 Å². The Morgan fingerprint density at radius 1 is 1.03 bits per heavy atom. The van der Waals surface area contributed by atoms with E-state index in [4.69, 9.17) is 4.74 Å². The van der Waals surface area contributed by atoms with Gasteiger partial charge in [0.15, 0.2) is 0 Å². The Balaban J connectivity index is 1.36. The zero-order chi connectivity index (χ0) is 25.0. The zero-order valence-corrected chi connectivity index (χ0v) is 21.3. The van der Waals surface area contributed by atoms with Crippen LogP contribution in [0.25, 0.3) is 10.8 Å². The van der Waals surface area contributed by atoms with Crippen LogP contribution in [0.4, 0.5) is 0 Å². The third-order valence-corrected chi connectivity index (χ3v) is 8.65. The monoisotopic (exact) mass is 495 g/mol. The molecule has 1 aliphatic rings. The van der Waals surface area contributed by atoms with E-state index in [-0.39, 0.29) is 17.9 Å². The highest BCUT2D eigenvalue weighted by atomic mass is 32.2. The van der Waals surface area contributed by atoms with Crippen molar-refractivity contribution in [1.82, 2.24) is 14.5 Å². The summed E-state index contributed by atoms with van der Waals surface area (Å²) >= 11 is 0. The van der Waals surface area contributed by atoms with E-state index in [2.05, 4.69) is 10.2 Å². The lowest BCUT2D eigenvalue weighted by Crippen LogP contribution is -2.44. The summed E-state index contributed by atoms with van der Waals surface area (Å²) < 4.78 is 33.3. The first-order valence-corrected chi connectivity index (χ1v) is 13.3. The third-order valence-electron chi connectivity index (χ3n) is 6.75. The fourth-order valence-electron chi connectivity index (χ4n) is 4.62. The van der Waals surface area contributed by atoms with E-state index in [9.17, 15) is 13.2 Å². The quantitative estimate of drug-likeness (QED) is 0.516. The summed E-state index contributed by atoms with van der Waals surface area (Å²) in [6.07, 6.45) is 1.01. The lowest BCUT2D eigenvalue weighted by atomic mass is 9.97. The molecule has 186 valence electrons. The minimum absolute atomic E-state index is 0.00224. The molecule has 1 atom stereocenters. The van der Waals surface area contributed by atoms with Crippen molar-refractivity contribution < 1.29 is 17.9 Å². The van der Waals surface area contributed by atoms with Crippen LogP contribution in [0.5, 0.6) is 5.75 Å². The maximum absolute atomic E-state index is 13.2. The van der Waals surface area contributed by atoms with Gasteiger partial charge in [0, 0.05) is 25.6 Å². The summed E-state index contributed by atoms with van der Waals surface area (Å²) in [4.78, 5) is 15.3. The Morgan fingerprint density at radius 2 is 1.74 bits per heavy atom. The number of hydrogen-bond acceptors (Lipinski definition) is 5. The van der Waals surface area contributed by atoms with Crippen molar-refractivity contribution in [3.05, 3.63) is 72.3 Å². The molecule has 0 saturated carbocycles. The van der Waals surface area contributed by atoms with Crippen LogP contribution in [0.1, 0.15) is 24.4 Å². The number of hydrogen-bond donors (Lipinski definition) is 1. The Kier molecular flexibility index (Phi) is 7.74. The van der Waals surface area contributed by atoms with Gasteiger partial charge in [0.1, 0.15) is 5.75 Å². The van der Waals surface area contributed by atoms with E-state index in [0.29, 0.717) is 37.4 Å². The van der Waals surface area contributed by atoms with Gasteiger partial charge in [-0.25, -0.2) is 8.42 Å². The minimum Gasteiger partial charge on any atom is -0.497 e. The van der Waals surface area contributed by atoms with Crippen molar-refractivity contribution in [2.45, 2.75) is 23.8 Å². The second-order valence-electron chi connectivity index (χ2n) is 9.19. The van der Waals surface area contributed by atoms with Crippen LogP contribution in [0.3, 0.4) is 0 Å². The van der Waals surface area contributed by atoms with Gasteiger partial charge in [-0.3, -0.25) is 4.79 Å². The number of nitrogens with zero attached hydrogens (tertiary/aromatic N) is 2. The zero-order valence-electron chi connectivity index (χ0n) is 20.5. The first kappa shape index (κ1) is 25.2. The number of carbonyl (C=O) groups is 1. The van der Waals surface area contributed by atoms with Crippen LogP contribution in [-0.2, 0) is 14.8 Å². The predicted molar refractivity (Wildman–Crippen MR) is 138 cm³/mol. The average molecular weight is 496 g/mol. The molecule has 1 N–H and O–H groups in total. The number of piperidine rings is 1. The molecule has 0 unspecified atom stereocenters. The molecule has 0 bridgehead atoms. The van der Waals surface area contributed by atoms with Crippen LogP contribution in [0, 0.1) is 5.92 Å². The number of nitrogens with one attached hydrogen (secondary N) is 1. The first-order chi connectivity index (χ1) is 16.8. The number of ether oxygens (including phenoxy) is 1. The molecule has 0 aliphatic carbocycles. The van der Waals surface area contributed by atoms with Crippen molar-refractivity contribution in [2.24, 2.45) is 5.92 Å². The molecule has 3 aromatic rings. The van der Waals surface area contributed by atoms with Crippen LogP contribution in [0.2, 0.25) is 0 Å². The maximum atomic E-state index is 13.2. The van der Waals surface area contributed by atoms with Gasteiger partial charge >= 0.3 is 0 Å². The standard InChI is InChI=1S/C27H33N3O4S/c1-29(2)26(23-9-6-10-24(17-23)34-3)19-28-27(31)21-13-15-30(16-14-21)35(32,33)25-12-11-20-7-4-5-8-22(20)18-25/h4-12,17-18,21,26H,13-16,19H2,1-3H3,(H,28,31)/t26-/m0/s1. The molecule has 0 radical (unpaired) electrons. The van der Waals surface area contributed by atoms with Crippen LogP contribution >= 0.6 is 0 Å². The number of fused-ring (bicyclic) bond motifs is 1. The number of methoxy groups -OCH3 is 1. The lowest BCUT2D eigenvalue weighted by Gasteiger charge is -2.31. The highest BCUT2D eigenvalue weighted by Gasteiger charge is 2.32. The Hall–Kier alpha value is -2.94. The fourth-order valence-corrected chi connectivity index (χ4v) is 6.13. The Labute approximate surface area is 207 Å². The predicted octanol–water partition coefficient (Wildman–Crippen LogP) is 3.67. The van der Waals surface area contributed by atoms with E-state index >= 15 is 0 Å². The molecule has 4 rings (SSSR count). The van der Waals surface area contributed by atoms with Crippen molar-refractivity contribution in [3.8, 4) is 5.75 Å². The van der Waals surface area contributed by atoms with Gasteiger partial charge in [0.2, 0.25) is 15.9 Å². The highest BCUT2D eigenvalue weighted by molar-refractivity contribution is 7.89. The van der Waals surface area contributed by atoms with E-state index in [1.807, 2.05) is 68.7 Å². The number of likely N-dealkylation sites (N-methyl/N-ethyl adjacent to an activating group) is 1. The fraction of sp³-hybridized carbons (Fsp3) is 0.370. The number of amides is 1. The number of sulfonamides is 1. The van der Waals surface area contributed by atoms with Crippen LogP contribution in [-0.4, -0.2) is 64.4 Å². The molecule has 1 saturated heterocycles. The molecule has 1 aliphatic heterocycles. The molecular weight excluding hydrogens is 462 g/mol. The summed E-state index contributed by atoms with van der Waals surface area (Å²) in [6.45, 7) is 1.13. The molecule has 3 aromatic carbocycles. The Bertz CT molecular complexity index is 1280. The number of benzene rings is 3. The second kappa shape index (κ2) is 10.8. The average Bonchev–Trinajstić information content (AvgIpc) is 2.88. The van der Waals surface area contributed by atoms with E-state index in [1.54, 1.807) is 19.2 Å². The topological polar surface area (TPSA) is 79.0 Å². The van der Waals surface area contributed by atoms with E-state index in [0.717, 1.165) is 22.1 Å². The molecule has 1 heterocycles. The number of rotatable bonds is 8. The molecule has 35 heavy (non-hydrogen) atoms. The summed E-state index contributed by atoms with van der Waals surface area (Å²) in [7, 11) is 2.00. The molecule has 7 nitrogen and oxygen atoms in total. The SMILES string of the molecule is COc1cccc([C@H](CNC(=O)C2CCN(S(=O)(=O)c3ccc4ccccc4c3)CC2)N(C)C)c1. The normalized spacial score (nSPS) is 16.3. The first-order valence-electron chi connectivity index (χ1n) is 11.9. The lowest BCUT2D eigenvalue weighted by molar-refractivity contribution is -0.126.